The summed E-state index contributed by atoms with van der Waals surface area (Å²) in [5, 5.41) is 3.22. The van der Waals surface area contributed by atoms with E-state index in [1.165, 1.54) is 12.1 Å². The Morgan fingerprint density at radius 1 is 1.27 bits per heavy atom. The minimum atomic E-state index is -4.31. The molecule has 1 aliphatic rings. The molecular formula is C18H26F3N3O2. The lowest BCUT2D eigenvalue weighted by Crippen LogP contribution is -2.39. The maximum Gasteiger partial charge on any atom is 0.416 e. The summed E-state index contributed by atoms with van der Waals surface area (Å²) in [4.78, 5) is 6.42. The van der Waals surface area contributed by atoms with Crippen LogP contribution in [0.1, 0.15) is 17.5 Å². The van der Waals surface area contributed by atoms with E-state index >= 15 is 0 Å². The lowest BCUT2D eigenvalue weighted by molar-refractivity contribution is -0.137. The lowest BCUT2D eigenvalue weighted by atomic mass is 10.1. The van der Waals surface area contributed by atoms with Crippen molar-refractivity contribution in [2.24, 2.45) is 10.9 Å². The Hall–Kier alpha value is -1.80. The molecule has 0 bridgehead atoms. The van der Waals surface area contributed by atoms with Crippen LogP contribution in [0.25, 0.3) is 0 Å². The summed E-state index contributed by atoms with van der Waals surface area (Å²) >= 11 is 0. The van der Waals surface area contributed by atoms with Gasteiger partial charge in [-0.3, -0.25) is 4.99 Å². The Bertz CT molecular complexity index is 576. The fourth-order valence-corrected chi connectivity index (χ4v) is 2.88. The maximum atomic E-state index is 12.6. The molecule has 1 atom stereocenters. The third kappa shape index (κ3) is 6.17. The molecule has 0 spiro atoms. The van der Waals surface area contributed by atoms with Gasteiger partial charge in [-0.15, -0.1) is 0 Å². The van der Waals surface area contributed by atoms with Crippen LogP contribution in [0.3, 0.4) is 0 Å². The molecule has 1 aliphatic heterocycles. The first-order chi connectivity index (χ1) is 12.4. The van der Waals surface area contributed by atoms with Gasteiger partial charge in [-0.1, -0.05) is 12.1 Å². The van der Waals surface area contributed by atoms with Gasteiger partial charge in [-0.2, -0.15) is 13.2 Å². The second-order valence-corrected chi connectivity index (χ2v) is 6.26. The lowest BCUT2D eigenvalue weighted by Gasteiger charge is -2.22. The summed E-state index contributed by atoms with van der Waals surface area (Å²) in [6, 6.07) is 5.17. The summed E-state index contributed by atoms with van der Waals surface area (Å²) in [5.41, 5.74) is 0.138. The van der Waals surface area contributed by atoms with E-state index in [0.717, 1.165) is 43.2 Å². The first kappa shape index (κ1) is 20.5. The summed E-state index contributed by atoms with van der Waals surface area (Å²) in [5.74, 6) is 1.20. The van der Waals surface area contributed by atoms with E-state index in [9.17, 15) is 13.2 Å². The molecule has 1 heterocycles. The third-order valence-corrected chi connectivity index (χ3v) is 4.31. The van der Waals surface area contributed by atoms with Gasteiger partial charge in [0.25, 0.3) is 0 Å². The highest BCUT2D eigenvalue weighted by Crippen LogP contribution is 2.29. The number of halogens is 3. The standard InChI is InChI=1S/C18H26F3N3O2/c1-22-17(24-8-7-15(12-24)13-26-10-9-25-2)23-11-14-3-5-16(6-4-14)18(19,20)21/h3-6,15H,7-13H2,1-2H3,(H,22,23). The SMILES string of the molecule is CN=C(NCc1ccc(C(F)(F)F)cc1)N1CCC(COCCOC)C1. The second kappa shape index (κ2) is 9.78. The highest BCUT2D eigenvalue weighted by Gasteiger charge is 2.30. The monoisotopic (exact) mass is 373 g/mol. The number of rotatable bonds is 7. The van der Waals surface area contributed by atoms with Crippen LogP contribution in [-0.4, -0.2) is 57.9 Å². The largest absolute Gasteiger partial charge is 0.416 e. The van der Waals surface area contributed by atoms with Crippen molar-refractivity contribution in [2.75, 3.05) is 47.1 Å². The third-order valence-electron chi connectivity index (χ3n) is 4.31. The first-order valence-corrected chi connectivity index (χ1v) is 8.62. The van der Waals surface area contributed by atoms with Crippen molar-refractivity contribution < 1.29 is 22.6 Å². The summed E-state index contributed by atoms with van der Waals surface area (Å²) in [6.45, 7) is 4.03. The van der Waals surface area contributed by atoms with Crippen molar-refractivity contribution in [2.45, 2.75) is 19.1 Å². The van der Waals surface area contributed by atoms with Crippen LogP contribution in [0, 0.1) is 5.92 Å². The molecule has 1 N–H and O–H groups in total. The molecule has 1 aromatic rings. The van der Waals surface area contributed by atoms with E-state index in [4.69, 9.17) is 9.47 Å². The van der Waals surface area contributed by atoms with Crippen LogP contribution in [0.15, 0.2) is 29.3 Å². The van der Waals surface area contributed by atoms with E-state index < -0.39 is 11.7 Å². The van der Waals surface area contributed by atoms with Gasteiger partial charge in [0.2, 0.25) is 0 Å². The van der Waals surface area contributed by atoms with Crippen LogP contribution in [-0.2, 0) is 22.2 Å². The van der Waals surface area contributed by atoms with Crippen LogP contribution >= 0.6 is 0 Å². The number of guanidine groups is 1. The predicted molar refractivity (Wildman–Crippen MR) is 94.0 cm³/mol. The Labute approximate surface area is 152 Å². The molecule has 1 fully saturated rings. The van der Waals surface area contributed by atoms with Crippen LogP contribution in [0.2, 0.25) is 0 Å². The van der Waals surface area contributed by atoms with Crippen LogP contribution < -0.4 is 5.32 Å². The molecule has 0 aromatic heterocycles. The second-order valence-electron chi connectivity index (χ2n) is 6.26. The predicted octanol–water partition coefficient (Wildman–Crippen LogP) is 2.77. The minimum absolute atomic E-state index is 0.427. The zero-order valence-corrected chi connectivity index (χ0v) is 15.2. The molecule has 146 valence electrons. The molecule has 0 saturated carbocycles. The van der Waals surface area contributed by atoms with Crippen LogP contribution in [0.5, 0.6) is 0 Å². The normalized spacial score (nSPS) is 18.4. The van der Waals surface area contributed by atoms with E-state index in [2.05, 4.69) is 15.2 Å². The van der Waals surface area contributed by atoms with Gasteiger partial charge >= 0.3 is 6.18 Å². The minimum Gasteiger partial charge on any atom is -0.382 e. The quantitative estimate of drug-likeness (QED) is 0.454. The molecule has 0 aliphatic carbocycles. The zero-order chi connectivity index (χ0) is 19.0. The van der Waals surface area contributed by atoms with Crippen molar-refractivity contribution in [3.8, 4) is 0 Å². The Kier molecular flexibility index (Phi) is 7.71. The molecule has 26 heavy (non-hydrogen) atoms. The number of hydrogen-bond donors (Lipinski definition) is 1. The van der Waals surface area contributed by atoms with E-state index in [1.807, 2.05) is 0 Å². The fourth-order valence-electron chi connectivity index (χ4n) is 2.88. The number of ether oxygens (including phenoxy) is 2. The van der Waals surface area contributed by atoms with Gasteiger partial charge in [-0.05, 0) is 24.1 Å². The number of likely N-dealkylation sites (tertiary alicyclic amines) is 1. The number of nitrogens with one attached hydrogen (secondary N) is 1. The summed E-state index contributed by atoms with van der Waals surface area (Å²) in [6.07, 6.45) is -3.29. The first-order valence-electron chi connectivity index (χ1n) is 8.62. The Balaban J connectivity index is 1.79. The molecule has 0 radical (unpaired) electrons. The van der Waals surface area contributed by atoms with Crippen molar-refractivity contribution in [1.82, 2.24) is 10.2 Å². The van der Waals surface area contributed by atoms with E-state index in [-0.39, 0.29) is 0 Å². The van der Waals surface area contributed by atoms with E-state index in [0.29, 0.717) is 32.3 Å². The van der Waals surface area contributed by atoms with Crippen molar-refractivity contribution in [3.05, 3.63) is 35.4 Å². The van der Waals surface area contributed by atoms with Gasteiger partial charge in [0.05, 0.1) is 25.4 Å². The molecule has 1 unspecified atom stereocenters. The Morgan fingerprint density at radius 3 is 2.62 bits per heavy atom. The molecule has 0 amide bonds. The molecule has 1 aromatic carbocycles. The number of hydrogen-bond acceptors (Lipinski definition) is 3. The highest BCUT2D eigenvalue weighted by atomic mass is 19.4. The fraction of sp³-hybridized carbons (Fsp3) is 0.611. The number of alkyl halides is 3. The van der Waals surface area contributed by atoms with Crippen molar-refractivity contribution in [3.63, 3.8) is 0 Å². The van der Waals surface area contributed by atoms with Gasteiger partial charge in [0, 0.05) is 39.7 Å². The number of aliphatic imine (C=N–C) groups is 1. The molecular weight excluding hydrogens is 347 g/mol. The number of benzene rings is 1. The number of nitrogens with zero attached hydrogens (tertiary/aromatic N) is 2. The van der Waals surface area contributed by atoms with Gasteiger partial charge in [-0.25, -0.2) is 0 Å². The summed E-state index contributed by atoms with van der Waals surface area (Å²) in [7, 11) is 3.35. The molecule has 8 heteroatoms. The van der Waals surface area contributed by atoms with Crippen molar-refractivity contribution >= 4 is 5.96 Å². The topological polar surface area (TPSA) is 46.1 Å². The van der Waals surface area contributed by atoms with Gasteiger partial charge in [0.1, 0.15) is 0 Å². The average molecular weight is 373 g/mol. The van der Waals surface area contributed by atoms with Gasteiger partial charge in [0.15, 0.2) is 5.96 Å². The molecule has 2 rings (SSSR count). The number of methoxy groups -OCH3 is 1. The van der Waals surface area contributed by atoms with E-state index in [1.54, 1.807) is 14.2 Å². The summed E-state index contributed by atoms with van der Waals surface area (Å²) < 4.78 is 48.3. The van der Waals surface area contributed by atoms with Gasteiger partial charge < -0.3 is 19.7 Å². The zero-order valence-electron chi connectivity index (χ0n) is 15.2. The average Bonchev–Trinajstić information content (AvgIpc) is 3.08. The highest BCUT2D eigenvalue weighted by molar-refractivity contribution is 5.80. The molecule has 5 nitrogen and oxygen atoms in total. The maximum absolute atomic E-state index is 12.6. The molecule has 1 saturated heterocycles. The van der Waals surface area contributed by atoms with Crippen molar-refractivity contribution in [1.29, 1.82) is 0 Å². The smallest absolute Gasteiger partial charge is 0.382 e. The van der Waals surface area contributed by atoms with Crippen LogP contribution in [0.4, 0.5) is 13.2 Å². The Morgan fingerprint density at radius 2 is 2.00 bits per heavy atom.